The van der Waals surface area contributed by atoms with Gasteiger partial charge in [-0.2, -0.15) is 0 Å². The van der Waals surface area contributed by atoms with Crippen molar-refractivity contribution < 1.29 is 4.79 Å². The summed E-state index contributed by atoms with van der Waals surface area (Å²) >= 11 is 0. The Balaban J connectivity index is 1.49. The normalized spacial score (nSPS) is 12.7. The van der Waals surface area contributed by atoms with Crippen molar-refractivity contribution in [2.24, 2.45) is 0 Å². The number of para-hydroxylation sites is 2. The van der Waals surface area contributed by atoms with Crippen LogP contribution >= 0.6 is 0 Å². The third-order valence-electron chi connectivity index (χ3n) is 4.58. The van der Waals surface area contributed by atoms with Gasteiger partial charge < -0.3 is 10.2 Å². The highest BCUT2D eigenvalue weighted by Crippen LogP contribution is 2.28. The highest BCUT2D eigenvalue weighted by molar-refractivity contribution is 6.04. The van der Waals surface area contributed by atoms with Gasteiger partial charge in [0, 0.05) is 30.0 Å². The maximum atomic E-state index is 12.5. The largest absolute Gasteiger partial charge is 0.367 e. The topological polar surface area (TPSA) is 32.3 Å². The van der Waals surface area contributed by atoms with Gasteiger partial charge >= 0.3 is 0 Å². The summed E-state index contributed by atoms with van der Waals surface area (Å²) in [5.41, 5.74) is 5.36. The minimum atomic E-state index is -0.0742. The zero-order valence-corrected chi connectivity index (χ0v) is 14.0. The molecule has 0 saturated heterocycles. The van der Waals surface area contributed by atoms with Crippen molar-refractivity contribution in [2.75, 3.05) is 16.8 Å². The highest BCUT2D eigenvalue weighted by Gasteiger charge is 2.18. The fourth-order valence-corrected chi connectivity index (χ4v) is 3.33. The SMILES string of the molecule is O=C(Nc1ccccc1)c1cccc(CN2CCc3ccccc32)c1. The summed E-state index contributed by atoms with van der Waals surface area (Å²) in [6.07, 6.45) is 1.09. The van der Waals surface area contributed by atoms with Crippen LogP contribution in [-0.2, 0) is 13.0 Å². The van der Waals surface area contributed by atoms with Gasteiger partial charge in [0.15, 0.2) is 0 Å². The molecule has 3 heteroatoms. The van der Waals surface area contributed by atoms with Crippen LogP contribution in [0.2, 0.25) is 0 Å². The Kier molecular flexibility index (Phi) is 4.21. The Bertz CT molecular complexity index is 889. The summed E-state index contributed by atoms with van der Waals surface area (Å²) in [7, 11) is 0. The minimum absolute atomic E-state index is 0.0742. The lowest BCUT2D eigenvalue weighted by Crippen LogP contribution is -2.20. The van der Waals surface area contributed by atoms with E-state index < -0.39 is 0 Å². The second-order valence-corrected chi connectivity index (χ2v) is 6.32. The van der Waals surface area contributed by atoms with Gasteiger partial charge in [-0.05, 0) is 47.9 Å². The Hall–Kier alpha value is -3.07. The zero-order valence-electron chi connectivity index (χ0n) is 14.0. The first-order chi connectivity index (χ1) is 12.3. The van der Waals surface area contributed by atoms with Crippen LogP contribution in [0.15, 0.2) is 78.9 Å². The molecule has 0 spiro atoms. The van der Waals surface area contributed by atoms with E-state index in [1.807, 2.05) is 48.5 Å². The summed E-state index contributed by atoms with van der Waals surface area (Å²) in [5.74, 6) is -0.0742. The number of nitrogens with zero attached hydrogens (tertiary/aromatic N) is 1. The molecule has 3 aromatic carbocycles. The standard InChI is InChI=1S/C22H20N2O/c25-22(23-20-10-2-1-3-11-20)19-9-6-7-17(15-19)16-24-14-13-18-8-4-5-12-21(18)24/h1-12,15H,13-14,16H2,(H,23,25). The first-order valence-electron chi connectivity index (χ1n) is 8.58. The molecular formula is C22H20N2O. The predicted molar refractivity (Wildman–Crippen MR) is 102 cm³/mol. The number of amides is 1. The van der Waals surface area contributed by atoms with Gasteiger partial charge in [0.1, 0.15) is 0 Å². The van der Waals surface area contributed by atoms with Gasteiger partial charge in [-0.15, -0.1) is 0 Å². The van der Waals surface area contributed by atoms with Crippen molar-refractivity contribution in [3.63, 3.8) is 0 Å². The van der Waals surface area contributed by atoms with Crippen molar-refractivity contribution in [3.05, 3.63) is 95.6 Å². The molecule has 0 saturated carbocycles. The molecule has 1 heterocycles. The molecule has 1 N–H and O–H groups in total. The molecule has 124 valence electrons. The molecule has 1 aliphatic rings. The summed E-state index contributed by atoms with van der Waals surface area (Å²) < 4.78 is 0. The van der Waals surface area contributed by atoms with Crippen molar-refractivity contribution in [1.82, 2.24) is 0 Å². The van der Waals surface area contributed by atoms with Crippen LogP contribution in [0.3, 0.4) is 0 Å². The predicted octanol–water partition coefficient (Wildman–Crippen LogP) is 4.50. The van der Waals surface area contributed by atoms with Crippen LogP contribution in [0.1, 0.15) is 21.5 Å². The van der Waals surface area contributed by atoms with Crippen molar-refractivity contribution in [3.8, 4) is 0 Å². The van der Waals surface area contributed by atoms with Crippen molar-refractivity contribution in [2.45, 2.75) is 13.0 Å². The fourth-order valence-electron chi connectivity index (χ4n) is 3.33. The summed E-state index contributed by atoms with van der Waals surface area (Å²) in [5, 5.41) is 2.94. The molecule has 1 amide bonds. The number of benzene rings is 3. The van der Waals surface area contributed by atoms with E-state index in [2.05, 4.69) is 40.5 Å². The molecule has 0 atom stereocenters. The summed E-state index contributed by atoms with van der Waals surface area (Å²) in [6.45, 7) is 1.85. The average Bonchev–Trinajstić information content (AvgIpc) is 3.06. The second kappa shape index (κ2) is 6.81. The molecule has 0 radical (unpaired) electrons. The monoisotopic (exact) mass is 328 g/mol. The van der Waals surface area contributed by atoms with Gasteiger partial charge in [-0.1, -0.05) is 48.5 Å². The summed E-state index contributed by atoms with van der Waals surface area (Å²) in [6, 6.07) is 26.0. The lowest BCUT2D eigenvalue weighted by molar-refractivity contribution is 0.102. The third-order valence-corrected chi connectivity index (χ3v) is 4.58. The van der Waals surface area contributed by atoms with Crippen LogP contribution in [0, 0.1) is 0 Å². The first-order valence-corrected chi connectivity index (χ1v) is 8.58. The second-order valence-electron chi connectivity index (χ2n) is 6.32. The van der Waals surface area contributed by atoms with Crippen molar-refractivity contribution in [1.29, 1.82) is 0 Å². The van der Waals surface area contributed by atoms with Gasteiger partial charge in [-0.3, -0.25) is 4.79 Å². The van der Waals surface area contributed by atoms with Crippen LogP contribution in [0.4, 0.5) is 11.4 Å². The Morgan fingerprint density at radius 3 is 2.60 bits per heavy atom. The van der Waals surface area contributed by atoms with E-state index in [1.165, 1.54) is 11.3 Å². The van der Waals surface area contributed by atoms with E-state index in [0.29, 0.717) is 5.56 Å². The molecule has 1 aliphatic heterocycles. The lowest BCUT2D eigenvalue weighted by Gasteiger charge is -2.19. The van der Waals surface area contributed by atoms with Gasteiger partial charge in [0.2, 0.25) is 0 Å². The molecular weight excluding hydrogens is 308 g/mol. The fraction of sp³-hybridized carbons (Fsp3) is 0.136. The maximum absolute atomic E-state index is 12.5. The molecule has 0 unspecified atom stereocenters. The van der Waals surface area contributed by atoms with E-state index in [1.54, 1.807) is 0 Å². The van der Waals surface area contributed by atoms with Gasteiger partial charge in [-0.25, -0.2) is 0 Å². The number of anilines is 2. The zero-order chi connectivity index (χ0) is 17.1. The number of carbonyl (C=O) groups excluding carboxylic acids is 1. The minimum Gasteiger partial charge on any atom is -0.367 e. The molecule has 3 nitrogen and oxygen atoms in total. The number of fused-ring (bicyclic) bond motifs is 1. The van der Waals surface area contributed by atoms with Crippen molar-refractivity contribution >= 4 is 17.3 Å². The summed E-state index contributed by atoms with van der Waals surface area (Å²) in [4.78, 5) is 14.9. The number of nitrogens with one attached hydrogen (secondary N) is 1. The van der Waals surface area contributed by atoms with E-state index in [0.717, 1.165) is 30.8 Å². The average molecular weight is 328 g/mol. The smallest absolute Gasteiger partial charge is 0.255 e. The first kappa shape index (κ1) is 15.5. The molecule has 0 fully saturated rings. The highest BCUT2D eigenvalue weighted by atomic mass is 16.1. The van der Waals surface area contributed by atoms with Crippen LogP contribution in [-0.4, -0.2) is 12.5 Å². The number of rotatable bonds is 4. The van der Waals surface area contributed by atoms with Gasteiger partial charge in [0.25, 0.3) is 5.91 Å². The molecule has 4 rings (SSSR count). The van der Waals surface area contributed by atoms with E-state index in [4.69, 9.17) is 0 Å². The van der Waals surface area contributed by atoms with E-state index >= 15 is 0 Å². The molecule has 0 bridgehead atoms. The number of hydrogen-bond acceptors (Lipinski definition) is 2. The number of carbonyl (C=O) groups is 1. The van der Waals surface area contributed by atoms with Gasteiger partial charge in [0.05, 0.1) is 0 Å². The van der Waals surface area contributed by atoms with Crippen LogP contribution in [0.5, 0.6) is 0 Å². The van der Waals surface area contributed by atoms with Crippen LogP contribution < -0.4 is 10.2 Å². The maximum Gasteiger partial charge on any atom is 0.255 e. The third kappa shape index (κ3) is 3.41. The van der Waals surface area contributed by atoms with E-state index in [9.17, 15) is 4.79 Å². The van der Waals surface area contributed by atoms with Crippen LogP contribution in [0.25, 0.3) is 0 Å². The Morgan fingerprint density at radius 2 is 1.72 bits per heavy atom. The quantitative estimate of drug-likeness (QED) is 0.765. The number of hydrogen-bond donors (Lipinski definition) is 1. The molecule has 0 aliphatic carbocycles. The Morgan fingerprint density at radius 1 is 0.920 bits per heavy atom. The van der Waals surface area contributed by atoms with E-state index in [-0.39, 0.29) is 5.91 Å². The molecule has 25 heavy (non-hydrogen) atoms. The Labute approximate surface area is 147 Å². The molecule has 3 aromatic rings. The molecule has 0 aromatic heterocycles. The lowest BCUT2D eigenvalue weighted by atomic mass is 10.1.